The van der Waals surface area contributed by atoms with Gasteiger partial charge in [0.05, 0.1) is 0 Å². The van der Waals surface area contributed by atoms with E-state index in [1.165, 1.54) is 11.3 Å². The number of nitrogens with two attached hydrogens (primary N) is 1. The summed E-state index contributed by atoms with van der Waals surface area (Å²) in [6.07, 6.45) is 1.07. The molecule has 1 aromatic rings. The lowest BCUT2D eigenvalue weighted by Gasteiger charge is -2.24. The Morgan fingerprint density at radius 1 is 1.47 bits per heavy atom. The third kappa shape index (κ3) is 3.41. The van der Waals surface area contributed by atoms with Crippen molar-refractivity contribution in [3.8, 4) is 0 Å². The van der Waals surface area contributed by atoms with Gasteiger partial charge in [-0.05, 0) is 49.8 Å². The molecule has 0 unspecified atom stereocenters. The van der Waals surface area contributed by atoms with Crippen LogP contribution in [0.3, 0.4) is 0 Å². The molecular weight excluding hydrogens is 258 g/mol. The third-order valence-electron chi connectivity index (χ3n) is 3.94. The summed E-state index contributed by atoms with van der Waals surface area (Å²) in [4.78, 5) is 4.81. The zero-order chi connectivity index (χ0) is 13.8. The van der Waals surface area contributed by atoms with Crippen molar-refractivity contribution in [1.29, 1.82) is 0 Å². The number of benzene rings is 1. The standard InChI is InChI=1S/C15H24ClN3/c1-3-19(8-4-7-17)11-12-10-18(2)15-6-5-13(16)9-14(12)15/h5-6,9,12H,3-4,7-8,10-11,17H2,1-2H3/t12-/m1/s1. The minimum Gasteiger partial charge on any atom is -0.374 e. The highest BCUT2D eigenvalue weighted by Gasteiger charge is 2.27. The Labute approximate surface area is 121 Å². The summed E-state index contributed by atoms with van der Waals surface area (Å²) in [6, 6.07) is 6.24. The number of halogens is 1. The summed E-state index contributed by atoms with van der Waals surface area (Å²) in [6.45, 7) is 7.32. The van der Waals surface area contributed by atoms with E-state index in [-0.39, 0.29) is 0 Å². The first-order valence-corrected chi connectivity index (χ1v) is 7.46. The van der Waals surface area contributed by atoms with Crippen LogP contribution < -0.4 is 10.6 Å². The number of hydrogen-bond donors (Lipinski definition) is 1. The molecule has 3 nitrogen and oxygen atoms in total. The van der Waals surface area contributed by atoms with E-state index in [1.807, 2.05) is 6.07 Å². The molecule has 2 N–H and O–H groups in total. The van der Waals surface area contributed by atoms with Gasteiger partial charge in [-0.3, -0.25) is 0 Å². The molecule has 0 saturated carbocycles. The lowest BCUT2D eigenvalue weighted by Crippen LogP contribution is -2.32. The van der Waals surface area contributed by atoms with E-state index in [4.69, 9.17) is 17.3 Å². The summed E-state index contributed by atoms with van der Waals surface area (Å²) in [5, 5.41) is 0.837. The first-order valence-electron chi connectivity index (χ1n) is 7.08. The van der Waals surface area contributed by atoms with E-state index in [9.17, 15) is 0 Å². The Hall–Kier alpha value is -0.770. The summed E-state index contributed by atoms with van der Waals surface area (Å²) < 4.78 is 0. The van der Waals surface area contributed by atoms with Crippen LogP contribution in [0.25, 0.3) is 0 Å². The molecule has 1 aliphatic rings. The van der Waals surface area contributed by atoms with Crippen LogP contribution in [0.15, 0.2) is 18.2 Å². The van der Waals surface area contributed by atoms with Crippen LogP contribution in [-0.2, 0) is 0 Å². The highest BCUT2D eigenvalue weighted by molar-refractivity contribution is 6.30. The number of nitrogens with zero attached hydrogens (tertiary/aromatic N) is 2. The molecular formula is C15H24ClN3. The van der Waals surface area contributed by atoms with Gasteiger partial charge in [-0.15, -0.1) is 0 Å². The van der Waals surface area contributed by atoms with Crippen LogP contribution in [0.2, 0.25) is 5.02 Å². The second-order valence-corrected chi connectivity index (χ2v) is 5.75. The number of likely N-dealkylation sites (N-methyl/N-ethyl adjacent to an activating group) is 2. The number of fused-ring (bicyclic) bond motifs is 1. The molecule has 0 bridgehead atoms. The van der Waals surface area contributed by atoms with Crippen molar-refractivity contribution < 1.29 is 0 Å². The second-order valence-electron chi connectivity index (χ2n) is 5.32. The molecule has 4 heteroatoms. The van der Waals surface area contributed by atoms with Crippen molar-refractivity contribution >= 4 is 17.3 Å². The zero-order valence-electron chi connectivity index (χ0n) is 11.9. The number of hydrogen-bond acceptors (Lipinski definition) is 3. The van der Waals surface area contributed by atoms with Crippen molar-refractivity contribution in [3.63, 3.8) is 0 Å². The highest BCUT2D eigenvalue weighted by atomic mass is 35.5. The van der Waals surface area contributed by atoms with E-state index in [0.29, 0.717) is 5.92 Å². The lowest BCUT2D eigenvalue weighted by atomic mass is 10.0. The van der Waals surface area contributed by atoms with Crippen LogP contribution in [0, 0.1) is 0 Å². The van der Waals surface area contributed by atoms with Gasteiger partial charge in [0, 0.05) is 36.8 Å². The number of rotatable bonds is 6. The van der Waals surface area contributed by atoms with Gasteiger partial charge in [0.1, 0.15) is 0 Å². The molecule has 0 saturated heterocycles. The SMILES string of the molecule is CCN(CCCN)C[C@H]1CN(C)c2ccc(Cl)cc21. The lowest BCUT2D eigenvalue weighted by molar-refractivity contribution is 0.271. The van der Waals surface area contributed by atoms with Crippen LogP contribution in [0.1, 0.15) is 24.8 Å². The number of anilines is 1. The van der Waals surface area contributed by atoms with E-state index in [1.54, 1.807) is 0 Å². The molecule has 1 atom stereocenters. The maximum atomic E-state index is 6.14. The topological polar surface area (TPSA) is 32.5 Å². The van der Waals surface area contributed by atoms with Gasteiger partial charge < -0.3 is 15.5 Å². The van der Waals surface area contributed by atoms with Crippen LogP contribution in [-0.4, -0.2) is 44.7 Å². The van der Waals surface area contributed by atoms with Crippen molar-refractivity contribution in [2.45, 2.75) is 19.3 Å². The van der Waals surface area contributed by atoms with Crippen molar-refractivity contribution in [2.75, 3.05) is 44.7 Å². The predicted octanol–water partition coefficient (Wildman–Crippen LogP) is 2.54. The molecule has 0 aliphatic carbocycles. The molecule has 1 aromatic carbocycles. The monoisotopic (exact) mass is 281 g/mol. The van der Waals surface area contributed by atoms with Crippen LogP contribution in [0.4, 0.5) is 5.69 Å². The molecule has 0 spiro atoms. The molecule has 106 valence electrons. The summed E-state index contributed by atoms with van der Waals surface area (Å²) in [5.74, 6) is 0.552. The van der Waals surface area contributed by atoms with Gasteiger partial charge in [0.2, 0.25) is 0 Å². The van der Waals surface area contributed by atoms with Crippen LogP contribution >= 0.6 is 11.6 Å². The smallest absolute Gasteiger partial charge is 0.0410 e. The summed E-state index contributed by atoms with van der Waals surface area (Å²) in [7, 11) is 2.16. The second kappa shape index (κ2) is 6.60. The fourth-order valence-corrected chi connectivity index (χ4v) is 3.07. The minimum atomic E-state index is 0.552. The first kappa shape index (κ1) is 14.6. The highest BCUT2D eigenvalue weighted by Crippen LogP contribution is 2.37. The quantitative estimate of drug-likeness (QED) is 0.870. The molecule has 0 radical (unpaired) electrons. The van der Waals surface area contributed by atoms with Gasteiger partial charge in [0.15, 0.2) is 0 Å². The van der Waals surface area contributed by atoms with E-state index < -0.39 is 0 Å². The average molecular weight is 282 g/mol. The first-order chi connectivity index (χ1) is 9.15. The Kier molecular flexibility index (Phi) is 5.08. The van der Waals surface area contributed by atoms with Crippen LogP contribution in [0.5, 0.6) is 0 Å². The fraction of sp³-hybridized carbons (Fsp3) is 0.600. The Balaban J connectivity index is 2.08. The normalized spacial score (nSPS) is 18.2. The molecule has 1 heterocycles. The van der Waals surface area contributed by atoms with E-state index >= 15 is 0 Å². The third-order valence-corrected chi connectivity index (χ3v) is 4.17. The Morgan fingerprint density at radius 2 is 2.26 bits per heavy atom. The molecule has 0 amide bonds. The predicted molar refractivity (Wildman–Crippen MR) is 83.2 cm³/mol. The zero-order valence-corrected chi connectivity index (χ0v) is 12.7. The van der Waals surface area contributed by atoms with Gasteiger partial charge in [0.25, 0.3) is 0 Å². The van der Waals surface area contributed by atoms with Crippen molar-refractivity contribution in [1.82, 2.24) is 4.90 Å². The molecule has 0 fully saturated rings. The molecule has 0 aromatic heterocycles. The van der Waals surface area contributed by atoms with E-state index in [0.717, 1.165) is 44.2 Å². The van der Waals surface area contributed by atoms with Gasteiger partial charge >= 0.3 is 0 Å². The molecule has 19 heavy (non-hydrogen) atoms. The van der Waals surface area contributed by atoms with E-state index in [2.05, 4.69) is 35.9 Å². The largest absolute Gasteiger partial charge is 0.374 e. The summed E-state index contributed by atoms with van der Waals surface area (Å²) >= 11 is 6.14. The van der Waals surface area contributed by atoms with Gasteiger partial charge in [-0.2, -0.15) is 0 Å². The Morgan fingerprint density at radius 3 is 2.95 bits per heavy atom. The maximum Gasteiger partial charge on any atom is 0.0410 e. The van der Waals surface area contributed by atoms with Crippen molar-refractivity contribution in [3.05, 3.63) is 28.8 Å². The van der Waals surface area contributed by atoms with Crippen molar-refractivity contribution in [2.24, 2.45) is 5.73 Å². The average Bonchev–Trinajstić information content (AvgIpc) is 2.70. The van der Waals surface area contributed by atoms with Gasteiger partial charge in [-0.1, -0.05) is 18.5 Å². The van der Waals surface area contributed by atoms with Gasteiger partial charge in [-0.25, -0.2) is 0 Å². The Bertz CT molecular complexity index is 422. The summed E-state index contributed by atoms with van der Waals surface area (Å²) in [5.41, 5.74) is 8.32. The fourth-order valence-electron chi connectivity index (χ4n) is 2.89. The molecule has 1 aliphatic heterocycles. The molecule has 2 rings (SSSR count). The minimum absolute atomic E-state index is 0.552. The maximum absolute atomic E-state index is 6.14.